The molecule has 7 nitrogen and oxygen atoms in total. The topological polar surface area (TPSA) is 96.9 Å². The van der Waals surface area contributed by atoms with Gasteiger partial charge in [-0.2, -0.15) is 9.82 Å². The molecule has 0 aliphatic heterocycles. The molecule has 2 aromatic rings. The van der Waals surface area contributed by atoms with Gasteiger partial charge in [0.25, 0.3) is 5.91 Å². The molecule has 1 amide bonds. The Bertz CT molecular complexity index is 1010. The highest BCUT2D eigenvalue weighted by molar-refractivity contribution is 9.10. The van der Waals surface area contributed by atoms with E-state index in [9.17, 15) is 13.2 Å². The van der Waals surface area contributed by atoms with Crippen molar-refractivity contribution in [3.05, 3.63) is 58.1 Å². The third-order valence-electron chi connectivity index (χ3n) is 4.21. The van der Waals surface area contributed by atoms with E-state index in [0.717, 1.165) is 15.6 Å². The van der Waals surface area contributed by atoms with Crippen LogP contribution >= 0.6 is 15.9 Å². The summed E-state index contributed by atoms with van der Waals surface area (Å²) in [6.07, 6.45) is 1.48. The normalized spacial score (nSPS) is 12.9. The molecule has 0 saturated heterocycles. The zero-order valence-electron chi connectivity index (χ0n) is 17.3. The van der Waals surface area contributed by atoms with E-state index in [2.05, 4.69) is 31.2 Å². The van der Waals surface area contributed by atoms with E-state index in [4.69, 9.17) is 4.74 Å². The van der Waals surface area contributed by atoms with Crippen LogP contribution in [0.25, 0.3) is 0 Å². The number of hydrogen-bond acceptors (Lipinski definition) is 5. The first kappa shape index (κ1) is 24.0. The van der Waals surface area contributed by atoms with E-state index < -0.39 is 22.0 Å². The summed E-state index contributed by atoms with van der Waals surface area (Å²) < 4.78 is 34.0. The summed E-state index contributed by atoms with van der Waals surface area (Å²) in [5.74, 6) is -0.106. The fourth-order valence-electron chi connectivity index (χ4n) is 2.55. The van der Waals surface area contributed by atoms with E-state index in [-0.39, 0.29) is 10.8 Å². The predicted molar refractivity (Wildman–Crippen MR) is 121 cm³/mol. The number of benzene rings is 2. The van der Waals surface area contributed by atoms with Crippen LogP contribution in [0.5, 0.6) is 5.75 Å². The first-order valence-electron chi connectivity index (χ1n) is 9.48. The van der Waals surface area contributed by atoms with Crippen LogP contribution < -0.4 is 14.9 Å². The van der Waals surface area contributed by atoms with Crippen molar-refractivity contribution in [2.24, 2.45) is 11.0 Å². The van der Waals surface area contributed by atoms with Crippen molar-refractivity contribution < 1.29 is 17.9 Å². The van der Waals surface area contributed by atoms with Crippen LogP contribution in [0.3, 0.4) is 0 Å². The lowest BCUT2D eigenvalue weighted by atomic mass is 10.1. The Hall–Kier alpha value is -2.23. The predicted octanol–water partition coefficient (Wildman–Crippen LogP) is 3.61. The number of rotatable bonds is 9. The van der Waals surface area contributed by atoms with Crippen molar-refractivity contribution in [3.63, 3.8) is 0 Å². The van der Waals surface area contributed by atoms with Crippen molar-refractivity contribution >= 4 is 38.1 Å². The lowest BCUT2D eigenvalue weighted by Crippen LogP contribution is -2.48. The number of amides is 1. The minimum Gasteiger partial charge on any atom is -0.493 e. The molecule has 0 unspecified atom stereocenters. The second-order valence-corrected chi connectivity index (χ2v) is 9.58. The third-order valence-corrected chi connectivity index (χ3v) is 6.28. The van der Waals surface area contributed by atoms with Crippen LogP contribution in [-0.4, -0.2) is 33.2 Å². The summed E-state index contributed by atoms with van der Waals surface area (Å²) in [4.78, 5) is 12.7. The molecule has 0 fully saturated rings. The van der Waals surface area contributed by atoms with Gasteiger partial charge >= 0.3 is 0 Å². The molecule has 0 bridgehead atoms. The Balaban J connectivity index is 2.07. The lowest BCUT2D eigenvalue weighted by Gasteiger charge is -2.20. The molecular formula is C21H26BrN3O4S. The number of aryl methyl sites for hydroxylation is 1. The summed E-state index contributed by atoms with van der Waals surface area (Å²) in [5.41, 5.74) is 4.10. The molecular weight excluding hydrogens is 470 g/mol. The highest BCUT2D eigenvalue weighted by Crippen LogP contribution is 2.25. The Kier molecular flexibility index (Phi) is 8.57. The third kappa shape index (κ3) is 6.65. The highest BCUT2D eigenvalue weighted by atomic mass is 79.9. The molecule has 0 aliphatic carbocycles. The maximum atomic E-state index is 12.6. The molecule has 0 aliphatic rings. The van der Waals surface area contributed by atoms with E-state index >= 15 is 0 Å². The molecule has 0 heterocycles. The highest BCUT2D eigenvalue weighted by Gasteiger charge is 2.28. The molecule has 2 rings (SSSR count). The van der Waals surface area contributed by atoms with Crippen LogP contribution in [0.1, 0.15) is 31.9 Å². The Morgan fingerprint density at radius 3 is 2.43 bits per heavy atom. The number of hydrazone groups is 1. The van der Waals surface area contributed by atoms with E-state index in [1.54, 1.807) is 44.2 Å². The molecule has 0 saturated carbocycles. The van der Waals surface area contributed by atoms with Crippen molar-refractivity contribution in [3.8, 4) is 5.75 Å². The van der Waals surface area contributed by atoms with Gasteiger partial charge < -0.3 is 4.74 Å². The van der Waals surface area contributed by atoms with Crippen molar-refractivity contribution in [2.75, 3.05) is 6.61 Å². The average molecular weight is 496 g/mol. The van der Waals surface area contributed by atoms with Gasteiger partial charge in [0.15, 0.2) is 0 Å². The largest absolute Gasteiger partial charge is 0.493 e. The fraction of sp³-hybridized carbons (Fsp3) is 0.333. The monoisotopic (exact) mass is 495 g/mol. The van der Waals surface area contributed by atoms with Crippen LogP contribution in [0.15, 0.2) is 56.9 Å². The molecule has 30 heavy (non-hydrogen) atoms. The lowest BCUT2D eigenvalue weighted by molar-refractivity contribution is -0.123. The zero-order chi connectivity index (χ0) is 22.3. The number of nitrogens with one attached hydrogen (secondary N) is 2. The summed E-state index contributed by atoms with van der Waals surface area (Å²) in [7, 11) is -3.84. The molecule has 2 N–H and O–H groups in total. The zero-order valence-corrected chi connectivity index (χ0v) is 19.7. The van der Waals surface area contributed by atoms with Gasteiger partial charge in [-0.1, -0.05) is 31.5 Å². The second kappa shape index (κ2) is 10.7. The maximum Gasteiger partial charge on any atom is 0.258 e. The van der Waals surface area contributed by atoms with Gasteiger partial charge in [0.05, 0.1) is 22.2 Å². The number of nitrogens with zero attached hydrogens (tertiary/aromatic N) is 1. The number of carbonyl (C=O) groups is 1. The Morgan fingerprint density at radius 2 is 1.87 bits per heavy atom. The minimum absolute atomic E-state index is 0.106. The smallest absolute Gasteiger partial charge is 0.258 e. The maximum absolute atomic E-state index is 12.6. The summed E-state index contributed by atoms with van der Waals surface area (Å²) in [6, 6.07) is 10.9. The molecule has 2 aromatic carbocycles. The second-order valence-electron chi connectivity index (χ2n) is 7.01. The van der Waals surface area contributed by atoms with Gasteiger partial charge in [-0.3, -0.25) is 4.79 Å². The molecule has 0 spiro atoms. The Morgan fingerprint density at radius 1 is 1.20 bits per heavy atom. The molecule has 1 atom stereocenters. The minimum atomic E-state index is -3.84. The van der Waals surface area contributed by atoms with E-state index in [1.807, 2.05) is 13.8 Å². The standard InChI is InChI=1S/C21H26BrN3O4S/c1-5-29-19-11-8-16(12-18(19)22)13-23-24-21(26)20(14(2)3)25-30(27,28)17-9-6-15(4)7-10-17/h6-14,20,25H,5H2,1-4H3,(H,24,26)/b23-13-/t20-/m1/s1. The number of sulfonamides is 1. The summed E-state index contributed by atoms with van der Waals surface area (Å²) in [5, 5.41) is 3.95. The Labute approximate surface area is 186 Å². The fourth-order valence-corrected chi connectivity index (χ4v) is 4.41. The molecule has 0 aromatic heterocycles. The summed E-state index contributed by atoms with van der Waals surface area (Å²) >= 11 is 3.42. The van der Waals surface area contributed by atoms with Crippen LogP contribution in [0.4, 0.5) is 0 Å². The van der Waals surface area contributed by atoms with Crippen molar-refractivity contribution in [1.29, 1.82) is 0 Å². The quantitative estimate of drug-likeness (QED) is 0.410. The van der Waals surface area contributed by atoms with Gasteiger partial charge in [-0.15, -0.1) is 0 Å². The van der Waals surface area contributed by atoms with Crippen molar-refractivity contribution in [1.82, 2.24) is 10.1 Å². The van der Waals surface area contributed by atoms with Gasteiger partial charge in [0, 0.05) is 0 Å². The van der Waals surface area contributed by atoms with Crippen LogP contribution in [0, 0.1) is 12.8 Å². The first-order chi connectivity index (χ1) is 14.1. The molecule has 0 radical (unpaired) electrons. The number of ether oxygens (including phenoxy) is 1. The molecule has 162 valence electrons. The first-order valence-corrected chi connectivity index (χ1v) is 11.8. The molecule has 9 heteroatoms. The van der Waals surface area contributed by atoms with Crippen LogP contribution in [-0.2, 0) is 14.8 Å². The van der Waals surface area contributed by atoms with Crippen molar-refractivity contribution in [2.45, 2.75) is 38.6 Å². The van der Waals surface area contributed by atoms with E-state index in [0.29, 0.717) is 12.4 Å². The van der Waals surface area contributed by atoms with Gasteiger partial charge in [0.2, 0.25) is 10.0 Å². The average Bonchev–Trinajstić information content (AvgIpc) is 2.68. The van der Waals surface area contributed by atoms with Gasteiger partial charge in [-0.05, 0) is 71.6 Å². The van der Waals surface area contributed by atoms with E-state index in [1.165, 1.54) is 18.3 Å². The number of carbonyl (C=O) groups excluding carboxylic acids is 1. The van der Waals surface area contributed by atoms with Gasteiger partial charge in [-0.25, -0.2) is 13.8 Å². The number of hydrogen-bond donors (Lipinski definition) is 2. The summed E-state index contributed by atoms with van der Waals surface area (Å²) in [6.45, 7) is 7.84. The van der Waals surface area contributed by atoms with Gasteiger partial charge in [0.1, 0.15) is 11.8 Å². The SMILES string of the molecule is CCOc1ccc(/C=N\NC(=O)[C@H](NS(=O)(=O)c2ccc(C)cc2)C(C)C)cc1Br. The number of halogens is 1. The van der Waals surface area contributed by atoms with Crippen LogP contribution in [0.2, 0.25) is 0 Å².